The Hall–Kier alpha value is -1.60. The summed E-state index contributed by atoms with van der Waals surface area (Å²) in [6.45, 7) is 0. The lowest BCUT2D eigenvalue weighted by molar-refractivity contribution is 0.107. The molecule has 14 heavy (non-hydrogen) atoms. The summed E-state index contributed by atoms with van der Waals surface area (Å²) in [5.41, 5.74) is -0.250. The van der Waals surface area contributed by atoms with Gasteiger partial charge in [-0.05, 0) is 23.7 Å². The smallest absolute Gasteiger partial charge is 0.257 e. The standard InChI is InChI=1S/C9H5ClFNO2/c1-14-8-6(11)3-2-5(4-12)7(8)9(10)13/h2-3H,1H3. The Morgan fingerprint density at radius 2 is 2.29 bits per heavy atom. The quantitative estimate of drug-likeness (QED) is 0.707. The minimum atomic E-state index is -0.919. The average molecular weight is 214 g/mol. The van der Waals surface area contributed by atoms with Crippen LogP contribution in [0.25, 0.3) is 0 Å². The zero-order valence-electron chi connectivity index (χ0n) is 7.17. The maximum absolute atomic E-state index is 13.1. The zero-order valence-corrected chi connectivity index (χ0v) is 7.93. The maximum Gasteiger partial charge on any atom is 0.257 e. The van der Waals surface area contributed by atoms with E-state index in [1.165, 1.54) is 13.2 Å². The minimum Gasteiger partial charge on any atom is -0.493 e. The van der Waals surface area contributed by atoms with Crippen molar-refractivity contribution in [3.8, 4) is 11.8 Å². The second-order valence-electron chi connectivity index (χ2n) is 2.39. The normalized spacial score (nSPS) is 9.29. The molecule has 0 unspecified atom stereocenters. The Kier molecular flexibility index (Phi) is 3.05. The Morgan fingerprint density at radius 3 is 2.71 bits per heavy atom. The third kappa shape index (κ3) is 1.68. The van der Waals surface area contributed by atoms with Crippen LogP contribution in [0.2, 0.25) is 0 Å². The number of hydrogen-bond donors (Lipinski definition) is 0. The second kappa shape index (κ2) is 4.07. The van der Waals surface area contributed by atoms with E-state index in [1.807, 2.05) is 0 Å². The highest BCUT2D eigenvalue weighted by molar-refractivity contribution is 6.68. The first-order valence-electron chi connectivity index (χ1n) is 3.58. The molecule has 1 aromatic carbocycles. The topological polar surface area (TPSA) is 50.1 Å². The summed E-state index contributed by atoms with van der Waals surface area (Å²) >= 11 is 5.21. The number of carbonyl (C=O) groups excluding carboxylic acids is 1. The zero-order chi connectivity index (χ0) is 10.7. The molecule has 0 radical (unpaired) electrons. The summed E-state index contributed by atoms with van der Waals surface area (Å²) in [5, 5.41) is 7.72. The Morgan fingerprint density at radius 1 is 1.64 bits per heavy atom. The summed E-state index contributed by atoms with van der Waals surface area (Å²) in [4.78, 5) is 10.9. The van der Waals surface area contributed by atoms with Gasteiger partial charge in [0.05, 0.1) is 18.2 Å². The van der Waals surface area contributed by atoms with Crippen LogP contribution in [0.15, 0.2) is 12.1 Å². The predicted octanol–water partition coefficient (Wildman–Crippen LogP) is 2.08. The number of nitrogens with zero attached hydrogens (tertiary/aromatic N) is 1. The van der Waals surface area contributed by atoms with Gasteiger partial charge in [-0.2, -0.15) is 5.26 Å². The molecular weight excluding hydrogens is 209 g/mol. The highest BCUT2D eigenvalue weighted by atomic mass is 35.5. The molecule has 0 saturated carbocycles. The fraction of sp³-hybridized carbons (Fsp3) is 0.111. The number of halogens is 2. The number of nitriles is 1. The van der Waals surface area contributed by atoms with E-state index in [4.69, 9.17) is 16.9 Å². The molecule has 1 rings (SSSR count). The molecule has 0 amide bonds. The van der Waals surface area contributed by atoms with Crippen molar-refractivity contribution >= 4 is 16.8 Å². The van der Waals surface area contributed by atoms with Gasteiger partial charge in [0.1, 0.15) is 6.07 Å². The van der Waals surface area contributed by atoms with Crippen LogP contribution in [0.4, 0.5) is 4.39 Å². The number of methoxy groups -OCH3 is 1. The minimum absolute atomic E-state index is 0.0109. The molecule has 0 spiro atoms. The van der Waals surface area contributed by atoms with Crippen molar-refractivity contribution in [2.75, 3.05) is 7.11 Å². The van der Waals surface area contributed by atoms with Gasteiger partial charge < -0.3 is 4.74 Å². The molecule has 0 aromatic heterocycles. The SMILES string of the molecule is COc1c(F)ccc(C#N)c1C(=O)Cl. The van der Waals surface area contributed by atoms with Crippen molar-refractivity contribution < 1.29 is 13.9 Å². The van der Waals surface area contributed by atoms with Gasteiger partial charge in [0.2, 0.25) is 0 Å². The molecule has 0 saturated heterocycles. The predicted molar refractivity (Wildman–Crippen MR) is 47.9 cm³/mol. The third-order valence-corrected chi connectivity index (χ3v) is 1.82. The van der Waals surface area contributed by atoms with Crippen LogP contribution in [-0.4, -0.2) is 12.4 Å². The molecule has 0 heterocycles. The monoisotopic (exact) mass is 213 g/mol. The molecule has 0 aliphatic heterocycles. The van der Waals surface area contributed by atoms with E-state index in [0.29, 0.717) is 0 Å². The van der Waals surface area contributed by atoms with Crippen molar-refractivity contribution in [2.45, 2.75) is 0 Å². The number of rotatable bonds is 2. The van der Waals surface area contributed by atoms with Crippen molar-refractivity contribution in [3.63, 3.8) is 0 Å². The Balaban J connectivity index is 3.54. The molecule has 5 heteroatoms. The first-order valence-corrected chi connectivity index (χ1v) is 3.96. The van der Waals surface area contributed by atoms with Gasteiger partial charge in [-0.15, -0.1) is 0 Å². The van der Waals surface area contributed by atoms with E-state index in [2.05, 4.69) is 4.74 Å². The van der Waals surface area contributed by atoms with E-state index >= 15 is 0 Å². The van der Waals surface area contributed by atoms with Gasteiger partial charge >= 0.3 is 0 Å². The largest absolute Gasteiger partial charge is 0.493 e. The number of ether oxygens (including phenoxy) is 1. The summed E-state index contributed by atoms with van der Waals surface area (Å²) in [7, 11) is 1.20. The Bertz CT molecular complexity index is 426. The van der Waals surface area contributed by atoms with E-state index in [1.54, 1.807) is 6.07 Å². The molecular formula is C9H5ClFNO2. The van der Waals surface area contributed by atoms with Crippen LogP contribution in [0.5, 0.6) is 5.75 Å². The van der Waals surface area contributed by atoms with E-state index < -0.39 is 11.1 Å². The molecule has 3 nitrogen and oxygen atoms in total. The summed E-state index contributed by atoms with van der Waals surface area (Å²) in [5.74, 6) is -1.03. The van der Waals surface area contributed by atoms with E-state index in [0.717, 1.165) is 6.07 Å². The average Bonchev–Trinajstić information content (AvgIpc) is 2.17. The van der Waals surface area contributed by atoms with Crippen LogP contribution in [0.1, 0.15) is 15.9 Å². The van der Waals surface area contributed by atoms with Gasteiger partial charge in [0, 0.05) is 0 Å². The van der Waals surface area contributed by atoms with Gasteiger partial charge in [-0.3, -0.25) is 4.79 Å². The fourth-order valence-electron chi connectivity index (χ4n) is 1.05. The van der Waals surface area contributed by atoms with Crippen LogP contribution >= 0.6 is 11.6 Å². The summed E-state index contributed by atoms with van der Waals surface area (Å²) in [6.07, 6.45) is 0. The van der Waals surface area contributed by atoms with Gasteiger partial charge in [-0.1, -0.05) is 0 Å². The second-order valence-corrected chi connectivity index (χ2v) is 2.73. The highest BCUT2D eigenvalue weighted by Crippen LogP contribution is 2.27. The van der Waals surface area contributed by atoms with Crippen LogP contribution in [0, 0.1) is 17.1 Å². The molecule has 0 atom stereocenters. The van der Waals surface area contributed by atoms with Crippen LogP contribution in [-0.2, 0) is 0 Å². The Labute approximate surface area is 84.7 Å². The molecule has 0 aliphatic rings. The lowest BCUT2D eigenvalue weighted by atomic mass is 10.1. The molecule has 1 aromatic rings. The lowest BCUT2D eigenvalue weighted by Crippen LogP contribution is -2.01. The lowest BCUT2D eigenvalue weighted by Gasteiger charge is -2.06. The van der Waals surface area contributed by atoms with Crippen molar-refractivity contribution in [1.29, 1.82) is 5.26 Å². The first kappa shape index (κ1) is 10.5. The van der Waals surface area contributed by atoms with Gasteiger partial charge in [0.25, 0.3) is 5.24 Å². The van der Waals surface area contributed by atoms with Gasteiger partial charge in [0.15, 0.2) is 11.6 Å². The van der Waals surface area contributed by atoms with Crippen LogP contribution < -0.4 is 4.74 Å². The highest BCUT2D eigenvalue weighted by Gasteiger charge is 2.19. The van der Waals surface area contributed by atoms with Gasteiger partial charge in [-0.25, -0.2) is 4.39 Å². The fourth-order valence-corrected chi connectivity index (χ4v) is 1.23. The summed E-state index contributed by atoms with van der Waals surface area (Å²) in [6, 6.07) is 3.94. The molecule has 0 N–H and O–H groups in total. The maximum atomic E-state index is 13.1. The van der Waals surface area contributed by atoms with Crippen molar-refractivity contribution in [3.05, 3.63) is 29.1 Å². The van der Waals surface area contributed by atoms with Crippen molar-refractivity contribution in [2.24, 2.45) is 0 Å². The number of benzene rings is 1. The van der Waals surface area contributed by atoms with E-state index in [9.17, 15) is 9.18 Å². The molecule has 72 valence electrons. The third-order valence-electron chi connectivity index (χ3n) is 1.63. The van der Waals surface area contributed by atoms with Crippen molar-refractivity contribution in [1.82, 2.24) is 0 Å². The number of carbonyl (C=O) groups is 1. The van der Waals surface area contributed by atoms with Crippen LogP contribution in [0.3, 0.4) is 0 Å². The first-order chi connectivity index (χ1) is 6.61. The van der Waals surface area contributed by atoms with E-state index in [-0.39, 0.29) is 16.9 Å². The summed E-state index contributed by atoms with van der Waals surface area (Å²) < 4.78 is 17.7. The molecule has 0 aliphatic carbocycles. The molecule has 0 bridgehead atoms. The molecule has 0 fully saturated rings. The number of hydrogen-bond acceptors (Lipinski definition) is 3.